The first-order valence-corrected chi connectivity index (χ1v) is 9.94. The average molecular weight is 372 g/mol. The van der Waals surface area contributed by atoms with E-state index < -0.39 is 0 Å². The van der Waals surface area contributed by atoms with Gasteiger partial charge >= 0.3 is 0 Å². The third-order valence-corrected chi connectivity index (χ3v) is 5.58. The standard InChI is InChI=1S/C20H25N3O2S/c1-13-9-15(3)17(10-14(13)2)18-6-7-20(23-22-18)26-12-19(24)21-11-16-5-4-8-25-16/h6-7,9-10,16H,4-5,8,11-12H2,1-3H3,(H,21,24)/t16-/m0/s1. The van der Waals surface area contributed by atoms with Crippen molar-refractivity contribution >= 4 is 17.7 Å². The molecule has 1 aliphatic rings. The number of hydrogen-bond donors (Lipinski definition) is 1. The molecule has 5 nitrogen and oxygen atoms in total. The minimum atomic E-state index is 0.00128. The number of aryl methyl sites for hydroxylation is 3. The van der Waals surface area contributed by atoms with Crippen molar-refractivity contribution < 1.29 is 9.53 Å². The van der Waals surface area contributed by atoms with Crippen LogP contribution in [0.25, 0.3) is 11.3 Å². The Kier molecular flexibility index (Phi) is 6.27. The van der Waals surface area contributed by atoms with Gasteiger partial charge in [-0.05, 0) is 68.5 Å². The fraction of sp³-hybridized carbons (Fsp3) is 0.450. The summed E-state index contributed by atoms with van der Waals surface area (Å²) < 4.78 is 5.50. The maximum absolute atomic E-state index is 11.9. The van der Waals surface area contributed by atoms with Gasteiger partial charge in [0.25, 0.3) is 0 Å². The first-order valence-electron chi connectivity index (χ1n) is 8.96. The quantitative estimate of drug-likeness (QED) is 0.788. The molecule has 0 bridgehead atoms. The molecule has 1 saturated heterocycles. The molecule has 1 aliphatic heterocycles. The molecule has 1 aromatic carbocycles. The Morgan fingerprint density at radius 3 is 2.69 bits per heavy atom. The molecular formula is C20H25N3O2S. The molecular weight excluding hydrogens is 346 g/mol. The monoisotopic (exact) mass is 371 g/mol. The maximum atomic E-state index is 11.9. The predicted octanol–water partition coefficient (Wildman–Crippen LogP) is 3.46. The third-order valence-electron chi connectivity index (χ3n) is 4.66. The number of ether oxygens (including phenoxy) is 1. The Hall–Kier alpha value is -1.92. The lowest BCUT2D eigenvalue weighted by Crippen LogP contribution is -2.32. The Morgan fingerprint density at radius 1 is 1.19 bits per heavy atom. The summed E-state index contributed by atoms with van der Waals surface area (Å²) in [6.07, 6.45) is 2.28. The highest BCUT2D eigenvalue weighted by Crippen LogP contribution is 2.25. The second-order valence-electron chi connectivity index (χ2n) is 6.74. The lowest BCUT2D eigenvalue weighted by atomic mass is 9.99. The number of nitrogens with zero attached hydrogens (tertiary/aromatic N) is 2. The number of benzene rings is 1. The van der Waals surface area contributed by atoms with Crippen LogP contribution >= 0.6 is 11.8 Å². The number of rotatable bonds is 6. The van der Waals surface area contributed by atoms with E-state index >= 15 is 0 Å². The lowest BCUT2D eigenvalue weighted by molar-refractivity contribution is -0.119. The third kappa shape index (κ3) is 4.83. The van der Waals surface area contributed by atoms with Gasteiger partial charge in [0.05, 0.1) is 17.6 Å². The van der Waals surface area contributed by atoms with Crippen LogP contribution in [-0.4, -0.2) is 41.1 Å². The molecule has 6 heteroatoms. The van der Waals surface area contributed by atoms with Crippen LogP contribution in [0.15, 0.2) is 29.3 Å². The van der Waals surface area contributed by atoms with Crippen molar-refractivity contribution in [2.45, 2.75) is 44.7 Å². The van der Waals surface area contributed by atoms with Crippen molar-refractivity contribution in [3.63, 3.8) is 0 Å². The topological polar surface area (TPSA) is 64.1 Å². The molecule has 26 heavy (non-hydrogen) atoms. The Morgan fingerprint density at radius 2 is 2.00 bits per heavy atom. The van der Waals surface area contributed by atoms with Crippen molar-refractivity contribution in [2.75, 3.05) is 18.9 Å². The fourth-order valence-electron chi connectivity index (χ4n) is 3.00. The van der Waals surface area contributed by atoms with Gasteiger partial charge in [0.1, 0.15) is 5.03 Å². The van der Waals surface area contributed by atoms with Crippen LogP contribution in [0.4, 0.5) is 0 Å². The van der Waals surface area contributed by atoms with Gasteiger partial charge in [-0.15, -0.1) is 10.2 Å². The van der Waals surface area contributed by atoms with Crippen LogP contribution < -0.4 is 5.32 Å². The largest absolute Gasteiger partial charge is 0.376 e. The van der Waals surface area contributed by atoms with Crippen LogP contribution in [0.5, 0.6) is 0 Å². The Bertz CT molecular complexity index is 771. The van der Waals surface area contributed by atoms with E-state index in [1.807, 2.05) is 12.1 Å². The molecule has 0 saturated carbocycles. The van der Waals surface area contributed by atoms with Crippen molar-refractivity contribution in [3.05, 3.63) is 41.0 Å². The summed E-state index contributed by atoms with van der Waals surface area (Å²) >= 11 is 1.40. The number of thioether (sulfide) groups is 1. The summed E-state index contributed by atoms with van der Waals surface area (Å²) in [6, 6.07) is 8.22. The number of aromatic nitrogens is 2. The predicted molar refractivity (Wildman–Crippen MR) is 104 cm³/mol. The van der Waals surface area contributed by atoms with Crippen molar-refractivity contribution in [1.29, 1.82) is 0 Å². The average Bonchev–Trinajstić information content (AvgIpc) is 3.15. The summed E-state index contributed by atoms with van der Waals surface area (Å²) in [6.45, 7) is 7.70. The molecule has 1 fully saturated rings. The zero-order valence-electron chi connectivity index (χ0n) is 15.5. The van der Waals surface area contributed by atoms with E-state index in [0.717, 1.165) is 35.7 Å². The van der Waals surface area contributed by atoms with Gasteiger partial charge in [0, 0.05) is 18.7 Å². The van der Waals surface area contributed by atoms with Gasteiger partial charge in [0.2, 0.25) is 5.91 Å². The van der Waals surface area contributed by atoms with Gasteiger partial charge in [-0.25, -0.2) is 0 Å². The zero-order valence-corrected chi connectivity index (χ0v) is 16.4. The first-order chi connectivity index (χ1) is 12.5. The highest BCUT2D eigenvalue weighted by molar-refractivity contribution is 7.99. The highest BCUT2D eigenvalue weighted by Gasteiger charge is 2.16. The normalized spacial score (nSPS) is 16.7. The van der Waals surface area contributed by atoms with Gasteiger partial charge in [-0.2, -0.15) is 0 Å². The van der Waals surface area contributed by atoms with Crippen molar-refractivity contribution in [1.82, 2.24) is 15.5 Å². The Labute approximate surface area is 158 Å². The van der Waals surface area contributed by atoms with Gasteiger partial charge < -0.3 is 10.1 Å². The number of hydrogen-bond acceptors (Lipinski definition) is 5. The second-order valence-corrected chi connectivity index (χ2v) is 7.73. The SMILES string of the molecule is Cc1cc(C)c(-c2ccc(SCC(=O)NC[C@@H]3CCCO3)nn2)cc1C. The number of carbonyl (C=O) groups is 1. The molecule has 3 rings (SSSR count). The summed E-state index contributed by atoms with van der Waals surface area (Å²) in [5.74, 6) is 0.338. The molecule has 1 N–H and O–H groups in total. The summed E-state index contributed by atoms with van der Waals surface area (Å²) in [4.78, 5) is 11.9. The summed E-state index contributed by atoms with van der Waals surface area (Å²) in [5, 5.41) is 12.3. The van der Waals surface area contributed by atoms with Gasteiger partial charge in [0.15, 0.2) is 0 Å². The van der Waals surface area contributed by atoms with Crippen molar-refractivity contribution in [3.8, 4) is 11.3 Å². The van der Waals surface area contributed by atoms with Gasteiger partial charge in [-0.3, -0.25) is 4.79 Å². The van der Waals surface area contributed by atoms with E-state index in [4.69, 9.17) is 4.74 Å². The number of nitrogens with one attached hydrogen (secondary N) is 1. The molecule has 0 aliphatic carbocycles. The molecule has 0 unspecified atom stereocenters. The van der Waals surface area contributed by atoms with E-state index in [1.165, 1.54) is 28.5 Å². The molecule has 138 valence electrons. The minimum absolute atomic E-state index is 0.00128. The van der Waals surface area contributed by atoms with Crippen LogP contribution in [-0.2, 0) is 9.53 Å². The molecule has 2 aromatic rings. The van der Waals surface area contributed by atoms with Crippen molar-refractivity contribution in [2.24, 2.45) is 0 Å². The molecule has 1 aromatic heterocycles. The highest BCUT2D eigenvalue weighted by atomic mass is 32.2. The lowest BCUT2D eigenvalue weighted by Gasteiger charge is -2.11. The number of amides is 1. The second kappa shape index (κ2) is 8.64. The van der Waals surface area contributed by atoms with Gasteiger partial charge in [-0.1, -0.05) is 17.8 Å². The first kappa shape index (κ1) is 18.9. The maximum Gasteiger partial charge on any atom is 0.230 e. The summed E-state index contributed by atoms with van der Waals surface area (Å²) in [5.41, 5.74) is 5.68. The molecule has 0 radical (unpaired) electrons. The van der Waals surface area contributed by atoms with E-state index in [2.05, 4.69) is 48.4 Å². The van der Waals surface area contributed by atoms with Crippen LogP contribution in [0.3, 0.4) is 0 Å². The smallest absolute Gasteiger partial charge is 0.230 e. The zero-order chi connectivity index (χ0) is 18.5. The van der Waals surface area contributed by atoms with Crippen LogP contribution in [0.1, 0.15) is 29.5 Å². The van der Waals surface area contributed by atoms with E-state index in [9.17, 15) is 4.79 Å². The number of carbonyl (C=O) groups excluding carboxylic acids is 1. The van der Waals surface area contributed by atoms with E-state index in [-0.39, 0.29) is 12.0 Å². The molecule has 1 atom stereocenters. The van der Waals surface area contributed by atoms with Crippen LogP contribution in [0.2, 0.25) is 0 Å². The van der Waals surface area contributed by atoms with Crippen LogP contribution in [0, 0.1) is 20.8 Å². The summed E-state index contributed by atoms with van der Waals surface area (Å²) in [7, 11) is 0. The molecule has 1 amide bonds. The molecule has 0 spiro atoms. The fourth-order valence-corrected chi connectivity index (χ4v) is 3.64. The molecule has 2 heterocycles. The van der Waals surface area contributed by atoms with E-state index in [1.54, 1.807) is 0 Å². The van der Waals surface area contributed by atoms with E-state index in [0.29, 0.717) is 12.3 Å². The minimum Gasteiger partial charge on any atom is -0.376 e. The Balaban J connectivity index is 1.54.